The molecule has 1 aromatic heterocycles. The molecule has 1 aromatic rings. The Morgan fingerprint density at radius 1 is 1.16 bits per heavy atom. The molecule has 2 unspecified atom stereocenters. The summed E-state index contributed by atoms with van der Waals surface area (Å²) in [7, 11) is 0. The lowest BCUT2D eigenvalue weighted by atomic mass is 9.68. The van der Waals surface area contributed by atoms with E-state index in [9.17, 15) is 0 Å². The normalized spacial score (nSPS) is 22.7. The Hall–Kier alpha value is -2.27. The summed E-state index contributed by atoms with van der Waals surface area (Å²) < 4.78 is 0. The average molecular weight is 339 g/mol. The Morgan fingerprint density at radius 2 is 1.92 bits per heavy atom. The summed E-state index contributed by atoms with van der Waals surface area (Å²) in [4.78, 5) is 2.52. The molecule has 5 nitrogen and oxygen atoms in total. The molecule has 134 valence electrons. The van der Waals surface area contributed by atoms with Crippen molar-refractivity contribution in [3.05, 3.63) is 62.9 Å². The van der Waals surface area contributed by atoms with Gasteiger partial charge in [0.05, 0.1) is 6.20 Å². The third-order valence-electron chi connectivity index (χ3n) is 5.12. The zero-order valence-electron chi connectivity index (χ0n) is 15.0. The second-order valence-electron chi connectivity index (χ2n) is 6.50. The topological polar surface area (TPSA) is 53.9 Å². The number of piperidine rings is 1. The molecule has 25 heavy (non-hydrogen) atoms. The van der Waals surface area contributed by atoms with Gasteiger partial charge in [0, 0.05) is 36.7 Å². The van der Waals surface area contributed by atoms with Gasteiger partial charge in [0.15, 0.2) is 5.82 Å². The van der Waals surface area contributed by atoms with Crippen molar-refractivity contribution in [2.45, 2.75) is 37.3 Å². The number of nitrogens with one attached hydrogen (secondary N) is 1. The molecular formula is C20H29N5. The predicted octanol–water partition coefficient (Wildman–Crippen LogP) is 3.63. The highest BCUT2D eigenvalue weighted by atomic mass is 15.3. The fourth-order valence-corrected chi connectivity index (χ4v) is 4.14. The van der Waals surface area contributed by atoms with E-state index >= 15 is 0 Å². The summed E-state index contributed by atoms with van der Waals surface area (Å²) in [5, 5.41) is 15.2. The quantitative estimate of drug-likeness (QED) is 0.660. The van der Waals surface area contributed by atoms with Crippen molar-refractivity contribution in [1.82, 2.24) is 20.3 Å². The molecule has 2 rings (SSSR count). The van der Waals surface area contributed by atoms with Crippen LogP contribution < -0.4 is 5.32 Å². The number of hydrogen-bond acceptors (Lipinski definition) is 5. The molecule has 0 spiro atoms. The van der Waals surface area contributed by atoms with E-state index in [1.54, 1.807) is 6.20 Å². The van der Waals surface area contributed by atoms with Crippen LogP contribution in [0.5, 0.6) is 0 Å². The maximum absolute atomic E-state index is 4.09. The van der Waals surface area contributed by atoms with Gasteiger partial charge in [-0.1, -0.05) is 24.3 Å². The highest BCUT2D eigenvalue weighted by Gasteiger charge is 2.47. The molecule has 0 saturated carbocycles. The molecule has 2 atom stereocenters. The number of anilines is 1. The summed E-state index contributed by atoms with van der Waals surface area (Å²) in [6.45, 7) is 17.8. The summed E-state index contributed by atoms with van der Waals surface area (Å²) in [5.41, 5.74) is -0.0533. The molecule has 1 N–H and O–H groups in total. The van der Waals surface area contributed by atoms with Gasteiger partial charge in [-0.2, -0.15) is 0 Å². The van der Waals surface area contributed by atoms with E-state index in [4.69, 9.17) is 0 Å². The van der Waals surface area contributed by atoms with Gasteiger partial charge in [-0.25, -0.2) is 0 Å². The van der Waals surface area contributed by atoms with E-state index in [-0.39, 0.29) is 11.6 Å². The second-order valence-corrected chi connectivity index (χ2v) is 6.50. The number of aromatic nitrogens is 3. The minimum atomic E-state index is -0.0533. The number of likely N-dealkylation sites (tertiary alicyclic amines) is 1. The van der Waals surface area contributed by atoms with Crippen LogP contribution in [0.1, 0.15) is 25.7 Å². The van der Waals surface area contributed by atoms with Crippen molar-refractivity contribution in [3.63, 3.8) is 0 Å². The van der Waals surface area contributed by atoms with Gasteiger partial charge in [-0.3, -0.25) is 4.90 Å². The Balaban J connectivity index is 2.38. The zero-order valence-corrected chi connectivity index (χ0v) is 15.0. The van der Waals surface area contributed by atoms with E-state index in [1.165, 1.54) is 0 Å². The Kier molecular flexibility index (Phi) is 7.07. The third kappa shape index (κ3) is 4.23. The fraction of sp³-hybridized carbons (Fsp3) is 0.450. The lowest BCUT2D eigenvalue weighted by Gasteiger charge is -2.55. The smallest absolute Gasteiger partial charge is 0.152 e. The van der Waals surface area contributed by atoms with Gasteiger partial charge in [-0.05, 0) is 30.9 Å². The molecule has 5 heteroatoms. The van der Waals surface area contributed by atoms with Crippen LogP contribution in [0, 0.1) is 5.92 Å². The van der Waals surface area contributed by atoms with E-state index in [1.807, 2.05) is 30.4 Å². The molecule has 1 aliphatic heterocycles. The molecule has 1 fully saturated rings. The molecule has 0 aromatic carbocycles. The molecule has 1 saturated heterocycles. The van der Waals surface area contributed by atoms with Crippen molar-refractivity contribution in [2.75, 3.05) is 18.4 Å². The molecule has 0 radical (unpaired) electrons. The van der Waals surface area contributed by atoms with E-state index < -0.39 is 0 Å². The Bertz CT molecular complexity index is 573. The van der Waals surface area contributed by atoms with Crippen LogP contribution in [0.15, 0.2) is 62.9 Å². The van der Waals surface area contributed by atoms with Crippen LogP contribution in [0.25, 0.3) is 0 Å². The minimum Gasteiger partial charge on any atom is -0.365 e. The van der Waals surface area contributed by atoms with Crippen molar-refractivity contribution in [2.24, 2.45) is 5.92 Å². The summed E-state index contributed by atoms with van der Waals surface area (Å²) in [6, 6.07) is 2.13. The number of allylic oxidation sites excluding steroid dienone is 1. The highest BCUT2D eigenvalue weighted by molar-refractivity contribution is 5.33. The number of hydrogen-bond donors (Lipinski definition) is 1. The van der Waals surface area contributed by atoms with E-state index in [0.717, 1.165) is 44.6 Å². The van der Waals surface area contributed by atoms with Gasteiger partial charge in [0.1, 0.15) is 0 Å². The van der Waals surface area contributed by atoms with E-state index in [0.29, 0.717) is 5.92 Å². The first-order valence-electron chi connectivity index (χ1n) is 8.81. The maximum atomic E-state index is 4.09. The monoisotopic (exact) mass is 339 g/mol. The van der Waals surface area contributed by atoms with Gasteiger partial charge in [-0.15, -0.1) is 36.5 Å². The maximum Gasteiger partial charge on any atom is 0.152 e. The van der Waals surface area contributed by atoms with Crippen LogP contribution >= 0.6 is 0 Å². The minimum absolute atomic E-state index is 0.0533. The van der Waals surface area contributed by atoms with Crippen molar-refractivity contribution >= 4 is 5.82 Å². The van der Waals surface area contributed by atoms with Crippen LogP contribution in [-0.2, 0) is 0 Å². The molecule has 0 amide bonds. The standard InChI is InChI=1S/C20H29N5/c1-5-9-17-18(22-19-10-14-21-24-23-19)11-16-25(15-8-4)20(17,12-6-2)13-7-3/h5-8,10,14,17-18H,1-4,9,11-13,15-16H2,(H,21,22,23). The third-order valence-corrected chi connectivity index (χ3v) is 5.12. The summed E-state index contributed by atoms with van der Waals surface area (Å²) >= 11 is 0. The molecule has 0 bridgehead atoms. The van der Waals surface area contributed by atoms with Crippen molar-refractivity contribution in [1.29, 1.82) is 0 Å². The van der Waals surface area contributed by atoms with Crippen molar-refractivity contribution < 1.29 is 0 Å². The Labute approximate surface area is 151 Å². The number of nitrogens with zero attached hydrogens (tertiary/aromatic N) is 4. The molecule has 1 aliphatic rings. The first-order chi connectivity index (χ1) is 12.2. The van der Waals surface area contributed by atoms with Crippen LogP contribution in [0.3, 0.4) is 0 Å². The van der Waals surface area contributed by atoms with Crippen LogP contribution in [0.4, 0.5) is 5.82 Å². The highest BCUT2D eigenvalue weighted by Crippen LogP contribution is 2.42. The summed E-state index contributed by atoms with van der Waals surface area (Å²) in [5.74, 6) is 1.11. The lowest BCUT2D eigenvalue weighted by Crippen LogP contribution is -2.62. The van der Waals surface area contributed by atoms with Gasteiger partial charge >= 0.3 is 0 Å². The van der Waals surface area contributed by atoms with Crippen LogP contribution in [-0.4, -0.2) is 45.0 Å². The zero-order chi connectivity index (χ0) is 18.1. The Morgan fingerprint density at radius 3 is 2.48 bits per heavy atom. The largest absolute Gasteiger partial charge is 0.365 e. The molecule has 0 aliphatic carbocycles. The second kappa shape index (κ2) is 9.28. The first-order valence-corrected chi connectivity index (χ1v) is 8.81. The number of rotatable bonds is 10. The van der Waals surface area contributed by atoms with E-state index in [2.05, 4.69) is 51.9 Å². The summed E-state index contributed by atoms with van der Waals surface area (Å²) in [6.07, 6.45) is 13.4. The predicted molar refractivity (Wildman–Crippen MR) is 104 cm³/mol. The van der Waals surface area contributed by atoms with Crippen LogP contribution in [0.2, 0.25) is 0 Å². The van der Waals surface area contributed by atoms with Gasteiger partial charge < -0.3 is 5.32 Å². The first kappa shape index (κ1) is 19.1. The fourth-order valence-electron chi connectivity index (χ4n) is 4.14. The van der Waals surface area contributed by atoms with Gasteiger partial charge in [0.2, 0.25) is 0 Å². The average Bonchev–Trinajstić information content (AvgIpc) is 2.62. The molecular weight excluding hydrogens is 310 g/mol. The SMILES string of the molecule is C=CCC1C(Nc2ccnnn2)CCN(CC=C)C1(CC=C)CC=C. The lowest BCUT2D eigenvalue weighted by molar-refractivity contribution is -0.000177. The molecule has 2 heterocycles. The van der Waals surface area contributed by atoms with Gasteiger partial charge in [0.25, 0.3) is 0 Å². The van der Waals surface area contributed by atoms with Crippen molar-refractivity contribution in [3.8, 4) is 0 Å².